The molecule has 1 saturated heterocycles. The summed E-state index contributed by atoms with van der Waals surface area (Å²) in [6.07, 6.45) is 14.3. The van der Waals surface area contributed by atoms with Crippen molar-refractivity contribution in [2.24, 2.45) is 22.7 Å². The number of furan rings is 1. The van der Waals surface area contributed by atoms with E-state index < -0.39 is 0 Å². The summed E-state index contributed by atoms with van der Waals surface area (Å²) in [5.74, 6) is 0.896. The average molecular weight is 312 g/mol. The van der Waals surface area contributed by atoms with Gasteiger partial charge in [-0.25, -0.2) is 4.79 Å². The zero-order chi connectivity index (χ0) is 16.1. The monoisotopic (exact) mass is 312 g/mol. The Balaban J connectivity index is 1.67. The highest BCUT2D eigenvalue weighted by molar-refractivity contribution is 5.93. The summed E-state index contributed by atoms with van der Waals surface area (Å²) in [5.41, 5.74) is 2.24. The third kappa shape index (κ3) is 2.05. The summed E-state index contributed by atoms with van der Waals surface area (Å²) in [4.78, 5) is 12.2. The van der Waals surface area contributed by atoms with Crippen molar-refractivity contribution < 1.29 is 13.9 Å². The van der Waals surface area contributed by atoms with Gasteiger partial charge < -0.3 is 9.15 Å². The molecule has 1 spiro atoms. The molecule has 1 saturated carbocycles. The molecule has 2 aliphatic carbocycles. The van der Waals surface area contributed by atoms with E-state index in [0.717, 1.165) is 31.3 Å². The molecule has 0 unspecified atom stereocenters. The van der Waals surface area contributed by atoms with Gasteiger partial charge in [0, 0.05) is 11.0 Å². The molecule has 0 N–H and O–H groups in total. The summed E-state index contributed by atoms with van der Waals surface area (Å²) < 4.78 is 10.7. The second-order valence-corrected chi connectivity index (χ2v) is 7.75. The molecule has 1 aromatic rings. The van der Waals surface area contributed by atoms with Crippen molar-refractivity contribution in [3.05, 3.63) is 48.0 Å². The summed E-state index contributed by atoms with van der Waals surface area (Å²) in [6.45, 7) is 5.33. The van der Waals surface area contributed by atoms with Gasteiger partial charge in [0.15, 0.2) is 0 Å². The Bertz CT molecular complexity index is 669. The number of hydrogen-bond acceptors (Lipinski definition) is 3. The van der Waals surface area contributed by atoms with E-state index in [4.69, 9.17) is 9.15 Å². The zero-order valence-electron chi connectivity index (χ0n) is 13.9. The van der Waals surface area contributed by atoms with Gasteiger partial charge in [-0.1, -0.05) is 32.1 Å². The number of cyclic esters (lactones) is 1. The fourth-order valence-corrected chi connectivity index (χ4v) is 5.07. The third-order valence-electron chi connectivity index (χ3n) is 6.77. The van der Waals surface area contributed by atoms with E-state index >= 15 is 0 Å². The highest BCUT2D eigenvalue weighted by Gasteiger charge is 2.59. The van der Waals surface area contributed by atoms with Gasteiger partial charge in [0.2, 0.25) is 0 Å². The third-order valence-corrected chi connectivity index (χ3v) is 6.77. The van der Waals surface area contributed by atoms with Crippen molar-refractivity contribution in [2.75, 3.05) is 6.61 Å². The highest BCUT2D eigenvalue weighted by atomic mass is 16.5. The Morgan fingerprint density at radius 1 is 1.39 bits per heavy atom. The van der Waals surface area contributed by atoms with Gasteiger partial charge in [-0.15, -0.1) is 0 Å². The molecule has 4 atom stereocenters. The highest BCUT2D eigenvalue weighted by Crippen LogP contribution is 2.62. The van der Waals surface area contributed by atoms with E-state index in [2.05, 4.69) is 32.1 Å². The molecule has 0 bridgehead atoms. The van der Waals surface area contributed by atoms with Gasteiger partial charge in [0.05, 0.1) is 12.5 Å². The van der Waals surface area contributed by atoms with Gasteiger partial charge in [-0.2, -0.15) is 0 Å². The molecular formula is C20H24O3. The molecule has 3 nitrogen and oxygen atoms in total. The summed E-state index contributed by atoms with van der Waals surface area (Å²) in [7, 11) is 0. The molecule has 4 rings (SSSR count). The van der Waals surface area contributed by atoms with Crippen LogP contribution in [0.25, 0.3) is 0 Å². The normalized spacial score (nSPS) is 38.7. The second kappa shape index (κ2) is 5.12. The summed E-state index contributed by atoms with van der Waals surface area (Å²) in [6, 6.07) is 2.05. The van der Waals surface area contributed by atoms with Crippen LogP contribution in [-0.4, -0.2) is 12.6 Å². The molecule has 1 aromatic heterocycles. The number of aryl methyl sites for hydroxylation is 1. The van der Waals surface area contributed by atoms with Gasteiger partial charge in [0.1, 0.15) is 6.61 Å². The molecule has 1 aliphatic heterocycles. The van der Waals surface area contributed by atoms with Crippen LogP contribution in [0, 0.1) is 22.7 Å². The largest absolute Gasteiger partial charge is 0.472 e. The molecule has 3 aliphatic rings. The van der Waals surface area contributed by atoms with Crippen LogP contribution in [-0.2, 0) is 16.0 Å². The number of rotatable bonds is 3. The van der Waals surface area contributed by atoms with Crippen LogP contribution in [0.3, 0.4) is 0 Å². The lowest BCUT2D eigenvalue weighted by atomic mass is 9.48. The molecule has 122 valence electrons. The molecule has 0 aromatic carbocycles. The Hall–Kier alpha value is -1.77. The van der Waals surface area contributed by atoms with Crippen molar-refractivity contribution in [1.82, 2.24) is 0 Å². The maximum atomic E-state index is 12.2. The Morgan fingerprint density at radius 2 is 2.26 bits per heavy atom. The van der Waals surface area contributed by atoms with Gasteiger partial charge in [0.25, 0.3) is 0 Å². The molecule has 0 amide bonds. The van der Waals surface area contributed by atoms with Crippen LogP contribution in [0.1, 0.15) is 38.7 Å². The number of carbonyl (C=O) groups is 1. The fourth-order valence-electron chi connectivity index (χ4n) is 5.07. The average Bonchev–Trinajstić information content (AvgIpc) is 3.18. The van der Waals surface area contributed by atoms with Crippen molar-refractivity contribution in [1.29, 1.82) is 0 Å². The molecule has 3 heteroatoms. The minimum atomic E-state index is -0.105. The van der Waals surface area contributed by atoms with Gasteiger partial charge in [-0.05, 0) is 54.6 Å². The first kappa shape index (κ1) is 14.8. The number of esters is 1. The predicted octanol–water partition coefficient (Wildman–Crippen LogP) is 4.30. The lowest BCUT2D eigenvalue weighted by Gasteiger charge is -2.55. The lowest BCUT2D eigenvalue weighted by Crippen LogP contribution is -2.50. The second-order valence-electron chi connectivity index (χ2n) is 7.75. The van der Waals surface area contributed by atoms with E-state index in [1.54, 1.807) is 6.26 Å². The minimum absolute atomic E-state index is 0.0938. The first-order chi connectivity index (χ1) is 11.1. The van der Waals surface area contributed by atoms with E-state index in [-0.39, 0.29) is 16.8 Å². The molecule has 0 radical (unpaired) electrons. The summed E-state index contributed by atoms with van der Waals surface area (Å²) >= 11 is 0. The van der Waals surface area contributed by atoms with Crippen LogP contribution < -0.4 is 0 Å². The molecule has 2 heterocycles. The number of allylic oxidation sites excluding steroid dienone is 3. The molecule has 23 heavy (non-hydrogen) atoms. The van der Waals surface area contributed by atoms with E-state index in [1.807, 2.05) is 12.3 Å². The number of ether oxygens (including phenoxy) is 1. The number of carbonyl (C=O) groups excluding carboxylic acids is 1. The Kier molecular flexibility index (Phi) is 3.29. The SMILES string of the molecule is C[C@H]1CC[C@]23COC(=O)C2=CC=C[C@H]3[C@]1(C)CCc1ccoc1. The maximum absolute atomic E-state index is 12.2. The van der Waals surface area contributed by atoms with Crippen LogP contribution >= 0.6 is 0 Å². The van der Waals surface area contributed by atoms with Crippen LogP contribution in [0.15, 0.2) is 46.8 Å². The maximum Gasteiger partial charge on any atom is 0.334 e. The topological polar surface area (TPSA) is 39.4 Å². The van der Waals surface area contributed by atoms with Crippen LogP contribution in [0.4, 0.5) is 0 Å². The Labute approximate surface area is 137 Å². The quantitative estimate of drug-likeness (QED) is 0.781. The van der Waals surface area contributed by atoms with E-state index in [9.17, 15) is 4.79 Å². The van der Waals surface area contributed by atoms with Gasteiger partial charge >= 0.3 is 5.97 Å². The van der Waals surface area contributed by atoms with E-state index in [1.165, 1.54) is 5.56 Å². The Morgan fingerprint density at radius 3 is 3.04 bits per heavy atom. The molecule has 2 fully saturated rings. The van der Waals surface area contributed by atoms with Crippen LogP contribution in [0.5, 0.6) is 0 Å². The minimum Gasteiger partial charge on any atom is -0.472 e. The van der Waals surface area contributed by atoms with Crippen molar-refractivity contribution in [3.63, 3.8) is 0 Å². The van der Waals surface area contributed by atoms with E-state index in [0.29, 0.717) is 18.4 Å². The number of hydrogen-bond donors (Lipinski definition) is 0. The first-order valence-corrected chi connectivity index (χ1v) is 8.63. The predicted molar refractivity (Wildman–Crippen MR) is 87.6 cm³/mol. The smallest absolute Gasteiger partial charge is 0.334 e. The standard InChI is InChI=1S/C20H24O3/c1-14-6-10-20-13-23-18(21)16(20)4-3-5-17(20)19(14,2)9-7-15-8-11-22-12-15/h3-5,8,11-12,14,17H,6-7,9-10,13H2,1-2H3/t14-,17-,19+,20-/m0/s1. The summed E-state index contributed by atoms with van der Waals surface area (Å²) in [5, 5.41) is 0. The zero-order valence-corrected chi connectivity index (χ0v) is 13.9. The van der Waals surface area contributed by atoms with Crippen LogP contribution in [0.2, 0.25) is 0 Å². The van der Waals surface area contributed by atoms with Gasteiger partial charge in [-0.3, -0.25) is 0 Å². The first-order valence-electron chi connectivity index (χ1n) is 8.63. The lowest BCUT2D eigenvalue weighted by molar-refractivity contribution is -0.135. The fraction of sp³-hybridized carbons (Fsp3) is 0.550. The van der Waals surface area contributed by atoms with Crippen molar-refractivity contribution in [2.45, 2.75) is 39.5 Å². The molecular weight excluding hydrogens is 288 g/mol. The van der Waals surface area contributed by atoms with Crippen molar-refractivity contribution in [3.8, 4) is 0 Å². The van der Waals surface area contributed by atoms with Crippen molar-refractivity contribution >= 4 is 5.97 Å².